The van der Waals surface area contributed by atoms with Crippen LogP contribution in [-0.2, 0) is 11.2 Å². The van der Waals surface area contributed by atoms with E-state index in [1.165, 1.54) is 5.56 Å². The van der Waals surface area contributed by atoms with E-state index in [0.717, 1.165) is 11.1 Å². The van der Waals surface area contributed by atoms with Crippen molar-refractivity contribution in [1.82, 2.24) is 9.97 Å². The number of H-pyrrole nitrogens is 1. The molecule has 2 rings (SSSR count). The summed E-state index contributed by atoms with van der Waals surface area (Å²) >= 11 is 3.28. The summed E-state index contributed by atoms with van der Waals surface area (Å²) in [6.45, 7) is 4.04. The molecule has 0 aliphatic carbocycles. The molecular formula is C13H13BrN2O2. The molecule has 94 valence electrons. The highest BCUT2D eigenvalue weighted by Gasteiger charge is 2.13. The molecule has 2 N–H and O–H groups in total. The number of nitrogens with one attached hydrogen (secondary N) is 1. The van der Waals surface area contributed by atoms with E-state index >= 15 is 0 Å². The van der Waals surface area contributed by atoms with Crippen LogP contribution in [0.3, 0.4) is 0 Å². The second-order valence-electron chi connectivity index (χ2n) is 4.24. The maximum Gasteiger partial charge on any atom is 0.309 e. The summed E-state index contributed by atoms with van der Waals surface area (Å²) in [6, 6.07) is 6.07. The Morgan fingerprint density at radius 1 is 1.44 bits per heavy atom. The summed E-state index contributed by atoms with van der Waals surface area (Å²) in [4.78, 5) is 18.1. The number of halogens is 1. The van der Waals surface area contributed by atoms with Gasteiger partial charge < -0.3 is 10.1 Å². The molecule has 1 heterocycles. The summed E-state index contributed by atoms with van der Waals surface area (Å²) in [5, 5.41) is 8.79. The molecule has 0 spiro atoms. The minimum Gasteiger partial charge on any atom is -0.481 e. The zero-order valence-electron chi connectivity index (χ0n) is 10.1. The molecule has 1 aromatic carbocycles. The Hall–Kier alpha value is -1.62. The van der Waals surface area contributed by atoms with Crippen molar-refractivity contribution in [2.24, 2.45) is 0 Å². The molecule has 0 saturated carbocycles. The first-order chi connectivity index (χ1) is 8.47. The van der Waals surface area contributed by atoms with Crippen LogP contribution in [0, 0.1) is 13.8 Å². The SMILES string of the molecule is Cc1ccc(-c2nc(Br)c(CC(=O)O)[nH]2)c(C)c1. The first kappa shape index (κ1) is 12.8. The van der Waals surface area contributed by atoms with Gasteiger partial charge in [-0.05, 0) is 35.3 Å². The maximum atomic E-state index is 10.7. The number of aromatic nitrogens is 2. The van der Waals surface area contributed by atoms with Gasteiger partial charge in [0.05, 0.1) is 12.1 Å². The molecule has 2 aromatic rings. The van der Waals surface area contributed by atoms with Crippen LogP contribution in [0.25, 0.3) is 11.4 Å². The number of carbonyl (C=O) groups is 1. The molecule has 0 saturated heterocycles. The van der Waals surface area contributed by atoms with Gasteiger partial charge in [-0.25, -0.2) is 4.98 Å². The van der Waals surface area contributed by atoms with E-state index in [9.17, 15) is 4.79 Å². The number of rotatable bonds is 3. The lowest BCUT2D eigenvalue weighted by Gasteiger charge is -2.03. The van der Waals surface area contributed by atoms with E-state index in [2.05, 4.69) is 32.0 Å². The van der Waals surface area contributed by atoms with Crippen LogP contribution in [0.2, 0.25) is 0 Å². The highest BCUT2D eigenvalue weighted by molar-refractivity contribution is 9.10. The molecule has 4 nitrogen and oxygen atoms in total. The molecule has 1 aromatic heterocycles. The van der Waals surface area contributed by atoms with Gasteiger partial charge in [0, 0.05) is 5.56 Å². The number of aromatic amines is 1. The Kier molecular flexibility index (Phi) is 3.52. The number of carboxylic acid groups (broad SMARTS) is 1. The number of carboxylic acids is 1. The minimum absolute atomic E-state index is 0.0709. The molecule has 0 fully saturated rings. The average molecular weight is 309 g/mol. The Morgan fingerprint density at radius 2 is 2.17 bits per heavy atom. The van der Waals surface area contributed by atoms with Crippen molar-refractivity contribution in [2.75, 3.05) is 0 Å². The standard InChI is InChI=1S/C13H13BrN2O2/c1-7-3-4-9(8(2)5-7)13-15-10(6-11(17)18)12(14)16-13/h3-5H,6H2,1-2H3,(H,15,16)(H,17,18). The zero-order valence-corrected chi connectivity index (χ0v) is 11.7. The van der Waals surface area contributed by atoms with Crippen molar-refractivity contribution < 1.29 is 9.90 Å². The lowest BCUT2D eigenvalue weighted by Crippen LogP contribution is -2.00. The van der Waals surface area contributed by atoms with Gasteiger partial charge in [0.25, 0.3) is 0 Å². The maximum absolute atomic E-state index is 10.7. The predicted molar refractivity (Wildman–Crippen MR) is 72.5 cm³/mol. The van der Waals surface area contributed by atoms with Gasteiger partial charge in [-0.2, -0.15) is 0 Å². The summed E-state index contributed by atoms with van der Waals surface area (Å²) in [7, 11) is 0. The van der Waals surface area contributed by atoms with Crippen LogP contribution >= 0.6 is 15.9 Å². The summed E-state index contributed by atoms with van der Waals surface area (Å²) in [6.07, 6.45) is -0.0709. The molecule has 5 heteroatoms. The second kappa shape index (κ2) is 4.94. The smallest absolute Gasteiger partial charge is 0.309 e. The molecule has 0 radical (unpaired) electrons. The van der Waals surface area contributed by atoms with Crippen LogP contribution in [0.4, 0.5) is 0 Å². The fourth-order valence-electron chi connectivity index (χ4n) is 1.86. The van der Waals surface area contributed by atoms with Crippen LogP contribution in [0.1, 0.15) is 16.8 Å². The Balaban J connectivity index is 2.42. The van der Waals surface area contributed by atoms with E-state index < -0.39 is 5.97 Å². The molecule has 0 bridgehead atoms. The van der Waals surface area contributed by atoms with Crippen LogP contribution in [-0.4, -0.2) is 21.0 Å². The molecule has 18 heavy (non-hydrogen) atoms. The molecular weight excluding hydrogens is 296 g/mol. The Morgan fingerprint density at radius 3 is 2.78 bits per heavy atom. The van der Waals surface area contributed by atoms with E-state index in [1.54, 1.807) is 0 Å². The van der Waals surface area contributed by atoms with Crippen molar-refractivity contribution in [1.29, 1.82) is 0 Å². The summed E-state index contributed by atoms with van der Waals surface area (Å²) in [5.74, 6) is -0.192. The first-order valence-corrected chi connectivity index (χ1v) is 6.30. The number of aliphatic carboxylic acids is 1. The monoisotopic (exact) mass is 308 g/mol. The molecule has 0 atom stereocenters. The number of benzene rings is 1. The van der Waals surface area contributed by atoms with Gasteiger partial charge in [-0.3, -0.25) is 4.79 Å². The third-order valence-corrected chi connectivity index (χ3v) is 3.35. The number of aryl methyl sites for hydroxylation is 2. The zero-order chi connectivity index (χ0) is 13.3. The molecule has 0 aliphatic rings. The normalized spacial score (nSPS) is 10.6. The van der Waals surface area contributed by atoms with Crippen LogP contribution in [0.15, 0.2) is 22.8 Å². The highest BCUT2D eigenvalue weighted by Crippen LogP contribution is 2.25. The first-order valence-electron chi connectivity index (χ1n) is 5.51. The minimum atomic E-state index is -0.883. The van der Waals surface area contributed by atoms with Crippen molar-refractivity contribution in [3.8, 4) is 11.4 Å². The number of nitrogens with zero attached hydrogens (tertiary/aromatic N) is 1. The Bertz CT molecular complexity index is 605. The third-order valence-electron chi connectivity index (χ3n) is 2.69. The van der Waals surface area contributed by atoms with Gasteiger partial charge in [-0.1, -0.05) is 23.8 Å². The van der Waals surface area contributed by atoms with Crippen molar-refractivity contribution in [3.63, 3.8) is 0 Å². The summed E-state index contributed by atoms with van der Waals surface area (Å²) in [5.41, 5.74) is 3.86. The largest absolute Gasteiger partial charge is 0.481 e. The van der Waals surface area contributed by atoms with Crippen molar-refractivity contribution >= 4 is 21.9 Å². The van der Waals surface area contributed by atoms with Crippen molar-refractivity contribution in [3.05, 3.63) is 39.6 Å². The van der Waals surface area contributed by atoms with Crippen LogP contribution < -0.4 is 0 Å². The van der Waals surface area contributed by atoms with E-state index in [0.29, 0.717) is 16.1 Å². The third kappa shape index (κ3) is 2.61. The van der Waals surface area contributed by atoms with Crippen LogP contribution in [0.5, 0.6) is 0 Å². The van der Waals surface area contributed by atoms with Gasteiger partial charge >= 0.3 is 5.97 Å². The Labute approximate surface area is 113 Å². The quantitative estimate of drug-likeness (QED) is 0.915. The average Bonchev–Trinajstić information content (AvgIpc) is 2.59. The predicted octanol–water partition coefficient (Wildman–Crippen LogP) is 3.08. The summed E-state index contributed by atoms with van der Waals surface area (Å²) < 4.78 is 0.555. The highest BCUT2D eigenvalue weighted by atomic mass is 79.9. The molecule has 0 amide bonds. The van der Waals surface area contributed by atoms with Gasteiger partial charge in [0.1, 0.15) is 10.4 Å². The fraction of sp³-hybridized carbons (Fsp3) is 0.231. The van der Waals surface area contributed by atoms with E-state index in [1.807, 2.05) is 26.0 Å². The van der Waals surface area contributed by atoms with E-state index in [-0.39, 0.29) is 6.42 Å². The lowest BCUT2D eigenvalue weighted by molar-refractivity contribution is -0.136. The molecule has 0 aliphatic heterocycles. The topological polar surface area (TPSA) is 66.0 Å². The number of imidazole rings is 1. The van der Waals surface area contributed by atoms with Gasteiger partial charge in [0.2, 0.25) is 0 Å². The van der Waals surface area contributed by atoms with E-state index in [4.69, 9.17) is 5.11 Å². The van der Waals surface area contributed by atoms with Gasteiger partial charge in [0.15, 0.2) is 0 Å². The second-order valence-corrected chi connectivity index (χ2v) is 4.99. The van der Waals surface area contributed by atoms with Crippen molar-refractivity contribution in [2.45, 2.75) is 20.3 Å². The fourth-order valence-corrected chi connectivity index (χ4v) is 2.28. The number of hydrogen-bond donors (Lipinski definition) is 2. The number of hydrogen-bond acceptors (Lipinski definition) is 2. The lowest BCUT2D eigenvalue weighted by atomic mass is 10.1. The van der Waals surface area contributed by atoms with Gasteiger partial charge in [-0.15, -0.1) is 0 Å². The molecule has 0 unspecified atom stereocenters.